The molecule has 2 rings (SSSR count). The maximum absolute atomic E-state index is 4.81. The highest BCUT2D eigenvalue weighted by atomic mass is 15.3. The Morgan fingerprint density at radius 2 is 1.95 bits per heavy atom. The summed E-state index contributed by atoms with van der Waals surface area (Å²) >= 11 is 0. The Hall–Kier alpha value is -1.62. The van der Waals surface area contributed by atoms with E-state index in [2.05, 4.69) is 48.9 Å². The molecule has 0 saturated heterocycles. The number of rotatable bonds is 7. The minimum Gasteiger partial charge on any atom is -0.310 e. The van der Waals surface area contributed by atoms with E-state index in [0.29, 0.717) is 6.04 Å². The Balaban J connectivity index is 2.28. The van der Waals surface area contributed by atoms with Gasteiger partial charge in [0.05, 0.1) is 17.9 Å². The molecule has 0 atom stereocenters. The van der Waals surface area contributed by atoms with E-state index in [1.165, 1.54) is 17.0 Å². The van der Waals surface area contributed by atoms with Crippen molar-refractivity contribution < 1.29 is 0 Å². The third kappa shape index (κ3) is 3.73. The molecule has 2 aromatic rings. The summed E-state index contributed by atoms with van der Waals surface area (Å²) < 4.78 is 3.96. The molecule has 0 aliphatic heterocycles. The van der Waals surface area contributed by atoms with Crippen molar-refractivity contribution in [2.24, 2.45) is 7.05 Å². The molecule has 0 bridgehead atoms. The second-order valence-electron chi connectivity index (χ2n) is 5.75. The van der Waals surface area contributed by atoms with Gasteiger partial charge in [-0.3, -0.25) is 9.36 Å². The molecule has 0 saturated carbocycles. The van der Waals surface area contributed by atoms with Gasteiger partial charge in [0.2, 0.25) is 0 Å². The van der Waals surface area contributed by atoms with Crippen LogP contribution in [0, 0.1) is 0 Å². The van der Waals surface area contributed by atoms with Gasteiger partial charge in [-0.15, -0.1) is 0 Å². The van der Waals surface area contributed by atoms with E-state index in [-0.39, 0.29) is 0 Å². The van der Waals surface area contributed by atoms with E-state index in [9.17, 15) is 0 Å². The third-order valence-electron chi connectivity index (χ3n) is 3.69. The van der Waals surface area contributed by atoms with E-state index in [1.807, 2.05) is 17.9 Å². The highest BCUT2D eigenvalue weighted by Crippen LogP contribution is 2.17. The van der Waals surface area contributed by atoms with Crippen LogP contribution in [0.4, 0.5) is 0 Å². The molecule has 0 unspecified atom stereocenters. The second-order valence-corrected chi connectivity index (χ2v) is 5.75. The van der Waals surface area contributed by atoms with Crippen molar-refractivity contribution in [1.29, 1.82) is 0 Å². The van der Waals surface area contributed by atoms with Gasteiger partial charge in [0.25, 0.3) is 0 Å². The normalized spacial score (nSPS) is 11.5. The molecule has 0 spiro atoms. The molecular formula is C16H27N5. The van der Waals surface area contributed by atoms with Gasteiger partial charge in [-0.1, -0.05) is 27.7 Å². The molecule has 0 aliphatic carbocycles. The first kappa shape index (κ1) is 15.8. The molecule has 0 aliphatic rings. The molecule has 0 fully saturated rings. The van der Waals surface area contributed by atoms with Crippen molar-refractivity contribution in [3.63, 3.8) is 0 Å². The summed E-state index contributed by atoms with van der Waals surface area (Å²) in [5.74, 6) is 0. The quantitative estimate of drug-likeness (QED) is 0.850. The fraction of sp³-hybridized carbons (Fsp3) is 0.625. The summed E-state index contributed by atoms with van der Waals surface area (Å²) in [6, 6.07) is 2.54. The molecule has 2 aromatic heterocycles. The van der Waals surface area contributed by atoms with Gasteiger partial charge in [-0.05, 0) is 18.9 Å². The van der Waals surface area contributed by atoms with Crippen molar-refractivity contribution in [2.45, 2.75) is 59.7 Å². The number of aryl methyl sites for hydroxylation is 2. The van der Waals surface area contributed by atoms with Crippen LogP contribution in [0.5, 0.6) is 0 Å². The summed E-state index contributed by atoms with van der Waals surface area (Å²) in [5, 5.41) is 12.8. The minimum atomic E-state index is 0.485. The lowest BCUT2D eigenvalue weighted by atomic mass is 10.1. The van der Waals surface area contributed by atoms with E-state index in [4.69, 9.17) is 5.10 Å². The number of hydrogen-bond acceptors (Lipinski definition) is 3. The minimum absolute atomic E-state index is 0.485. The van der Waals surface area contributed by atoms with Crippen LogP contribution in [0.1, 0.15) is 50.3 Å². The lowest BCUT2D eigenvalue weighted by Crippen LogP contribution is -2.23. The van der Waals surface area contributed by atoms with E-state index < -0.39 is 0 Å². The first-order valence-electron chi connectivity index (χ1n) is 7.84. The van der Waals surface area contributed by atoms with Crippen molar-refractivity contribution in [3.05, 3.63) is 34.9 Å². The Labute approximate surface area is 127 Å². The molecule has 0 amide bonds. The summed E-state index contributed by atoms with van der Waals surface area (Å²) in [5.41, 5.74) is 4.95. The van der Waals surface area contributed by atoms with Crippen molar-refractivity contribution in [1.82, 2.24) is 24.9 Å². The average Bonchev–Trinajstić information content (AvgIpc) is 3.00. The number of hydrogen-bond donors (Lipinski definition) is 1. The van der Waals surface area contributed by atoms with Crippen LogP contribution in [-0.2, 0) is 33.0 Å². The fourth-order valence-electron chi connectivity index (χ4n) is 2.61. The molecule has 5 heteroatoms. The highest BCUT2D eigenvalue weighted by molar-refractivity contribution is 5.27. The zero-order valence-corrected chi connectivity index (χ0v) is 13.8. The van der Waals surface area contributed by atoms with Crippen molar-refractivity contribution in [3.8, 4) is 0 Å². The lowest BCUT2D eigenvalue weighted by molar-refractivity contribution is 0.580. The van der Waals surface area contributed by atoms with Crippen molar-refractivity contribution in [2.75, 3.05) is 0 Å². The topological polar surface area (TPSA) is 47.7 Å². The van der Waals surface area contributed by atoms with Gasteiger partial charge in [-0.2, -0.15) is 10.2 Å². The number of nitrogens with zero attached hydrogens (tertiary/aromatic N) is 4. The fourth-order valence-corrected chi connectivity index (χ4v) is 2.61. The zero-order valence-electron chi connectivity index (χ0n) is 13.8. The smallest absolute Gasteiger partial charge is 0.0853 e. The van der Waals surface area contributed by atoms with Gasteiger partial charge in [0.1, 0.15) is 0 Å². The average molecular weight is 289 g/mol. The zero-order chi connectivity index (χ0) is 15.4. The summed E-state index contributed by atoms with van der Waals surface area (Å²) in [6.45, 7) is 10.4. The standard InChI is InChI=1S/C16H27N5/c1-6-15-14(10-17-12(3)4)16(7-2)21(19-15)11-13-8-9-20(5)18-13/h8-9,12,17H,6-7,10-11H2,1-5H3. The Kier molecular flexibility index (Phi) is 5.17. The van der Waals surface area contributed by atoms with Gasteiger partial charge in [-0.25, -0.2) is 0 Å². The Morgan fingerprint density at radius 3 is 2.48 bits per heavy atom. The van der Waals surface area contributed by atoms with E-state index >= 15 is 0 Å². The van der Waals surface area contributed by atoms with E-state index in [0.717, 1.165) is 31.6 Å². The molecular weight excluding hydrogens is 262 g/mol. The molecule has 1 N–H and O–H groups in total. The van der Waals surface area contributed by atoms with Crippen LogP contribution in [-0.4, -0.2) is 25.6 Å². The molecule has 5 nitrogen and oxygen atoms in total. The predicted octanol–water partition coefficient (Wildman–Crippen LogP) is 2.29. The van der Waals surface area contributed by atoms with Crippen LogP contribution in [0.2, 0.25) is 0 Å². The second kappa shape index (κ2) is 6.89. The first-order chi connectivity index (χ1) is 10.0. The van der Waals surface area contributed by atoms with Crippen LogP contribution in [0.3, 0.4) is 0 Å². The predicted molar refractivity (Wildman–Crippen MR) is 85.3 cm³/mol. The molecule has 2 heterocycles. The number of nitrogens with one attached hydrogen (secondary N) is 1. The van der Waals surface area contributed by atoms with E-state index in [1.54, 1.807) is 0 Å². The van der Waals surface area contributed by atoms with Crippen molar-refractivity contribution >= 4 is 0 Å². The SMILES string of the molecule is CCc1nn(Cc2ccn(C)n2)c(CC)c1CNC(C)C. The lowest BCUT2D eigenvalue weighted by Gasteiger charge is -2.10. The molecule has 116 valence electrons. The van der Waals surface area contributed by atoms with Crippen LogP contribution in [0.15, 0.2) is 12.3 Å². The Bertz CT molecular complexity index is 580. The Morgan fingerprint density at radius 1 is 1.19 bits per heavy atom. The summed E-state index contributed by atoms with van der Waals surface area (Å²) in [6.07, 6.45) is 3.94. The molecule has 0 radical (unpaired) electrons. The summed E-state index contributed by atoms with van der Waals surface area (Å²) in [7, 11) is 1.95. The van der Waals surface area contributed by atoms with Crippen LogP contribution in [0.25, 0.3) is 0 Å². The van der Waals surface area contributed by atoms with Gasteiger partial charge in [0, 0.05) is 37.1 Å². The highest BCUT2D eigenvalue weighted by Gasteiger charge is 2.16. The summed E-state index contributed by atoms with van der Waals surface area (Å²) in [4.78, 5) is 0. The maximum Gasteiger partial charge on any atom is 0.0853 e. The maximum atomic E-state index is 4.81. The third-order valence-corrected chi connectivity index (χ3v) is 3.69. The molecule has 0 aromatic carbocycles. The molecule has 21 heavy (non-hydrogen) atoms. The largest absolute Gasteiger partial charge is 0.310 e. The first-order valence-corrected chi connectivity index (χ1v) is 7.84. The number of aromatic nitrogens is 4. The van der Waals surface area contributed by atoms with Crippen LogP contribution < -0.4 is 5.32 Å². The van der Waals surface area contributed by atoms with Gasteiger partial charge in [0.15, 0.2) is 0 Å². The van der Waals surface area contributed by atoms with Crippen LogP contribution >= 0.6 is 0 Å². The monoisotopic (exact) mass is 289 g/mol. The van der Waals surface area contributed by atoms with Gasteiger partial charge < -0.3 is 5.32 Å². The van der Waals surface area contributed by atoms with Gasteiger partial charge >= 0.3 is 0 Å².